The largest absolute Gasteiger partial charge is 0.495 e. The number of ether oxygens (including phenoxy) is 1. The Bertz CT molecular complexity index is 1040. The van der Waals surface area contributed by atoms with Crippen molar-refractivity contribution in [2.24, 2.45) is 11.3 Å². The number of Topliss-reactive ketones (excluding diaryl/α,β-unsaturated/α-hetero) is 1. The number of carbonyl (C=O) groups is 3. The van der Waals surface area contributed by atoms with E-state index in [1.165, 1.54) is 11.3 Å². The van der Waals surface area contributed by atoms with Gasteiger partial charge in [0.1, 0.15) is 5.75 Å². The third-order valence-electron chi connectivity index (χ3n) is 5.59. The minimum atomic E-state index is -0.490. The van der Waals surface area contributed by atoms with E-state index in [0.29, 0.717) is 34.3 Å². The van der Waals surface area contributed by atoms with Gasteiger partial charge in [0.2, 0.25) is 11.8 Å². The predicted molar refractivity (Wildman–Crippen MR) is 115 cm³/mol. The van der Waals surface area contributed by atoms with E-state index in [1.54, 1.807) is 12.0 Å². The van der Waals surface area contributed by atoms with Gasteiger partial charge in [0, 0.05) is 19.4 Å². The number of aryl methyl sites for hydroxylation is 1. The molecule has 2 aliphatic rings. The maximum Gasteiger partial charge on any atom is 0.231 e. The maximum atomic E-state index is 12.8. The quantitative estimate of drug-likeness (QED) is 0.805. The normalized spacial score (nSPS) is 20.3. The average molecular weight is 428 g/mol. The van der Waals surface area contributed by atoms with Crippen LogP contribution in [0.25, 0.3) is 0 Å². The van der Waals surface area contributed by atoms with Gasteiger partial charge in [0.25, 0.3) is 0 Å². The molecular weight excluding hydrogens is 402 g/mol. The zero-order valence-corrected chi connectivity index (χ0v) is 18.4. The van der Waals surface area contributed by atoms with Gasteiger partial charge in [-0.2, -0.15) is 0 Å². The Morgan fingerprint density at radius 1 is 1.30 bits per heavy atom. The first kappa shape index (κ1) is 20.5. The number of thiazole rings is 1. The van der Waals surface area contributed by atoms with E-state index in [0.717, 1.165) is 11.3 Å². The van der Waals surface area contributed by atoms with E-state index in [2.05, 4.69) is 10.3 Å². The Hall–Kier alpha value is -2.74. The second kappa shape index (κ2) is 7.50. The predicted octanol–water partition coefficient (Wildman–Crippen LogP) is 3.61. The molecule has 0 saturated carbocycles. The summed E-state index contributed by atoms with van der Waals surface area (Å²) in [5.74, 6) is -0.183. The van der Waals surface area contributed by atoms with Crippen molar-refractivity contribution in [2.45, 2.75) is 40.0 Å². The number of ketones is 1. The molecule has 2 amide bonds. The molecule has 30 heavy (non-hydrogen) atoms. The number of hydrogen-bond donors (Lipinski definition) is 1. The molecule has 7 nitrogen and oxygen atoms in total. The number of anilines is 2. The Labute approximate surface area is 179 Å². The van der Waals surface area contributed by atoms with Gasteiger partial charge in [-0.1, -0.05) is 31.3 Å². The molecule has 1 N–H and O–H groups in total. The standard InChI is InChI=1S/C22H25N3O4S/c1-12-5-6-17(29-4)15(7-12)25-11-13(8-18(25)27)20(28)24-21-23-14-9-22(2,3)10-16(26)19(14)30-21/h5-7,13H,8-11H2,1-4H3,(H,23,24,28). The van der Waals surface area contributed by atoms with Crippen molar-refractivity contribution < 1.29 is 19.1 Å². The topological polar surface area (TPSA) is 88.6 Å². The Morgan fingerprint density at radius 3 is 2.80 bits per heavy atom. The zero-order chi connectivity index (χ0) is 21.6. The van der Waals surface area contributed by atoms with Gasteiger partial charge < -0.3 is 15.0 Å². The molecular formula is C22H25N3O4S. The zero-order valence-electron chi connectivity index (χ0n) is 17.6. The Kier molecular flexibility index (Phi) is 5.13. The van der Waals surface area contributed by atoms with Gasteiger partial charge in [0.15, 0.2) is 10.9 Å². The number of carbonyl (C=O) groups excluding carboxylic acids is 3. The Morgan fingerprint density at radius 2 is 2.07 bits per heavy atom. The number of fused-ring (bicyclic) bond motifs is 1. The number of benzene rings is 1. The summed E-state index contributed by atoms with van der Waals surface area (Å²) in [5, 5.41) is 3.25. The maximum absolute atomic E-state index is 12.8. The molecule has 4 rings (SSSR count). The minimum Gasteiger partial charge on any atom is -0.495 e. The smallest absolute Gasteiger partial charge is 0.231 e. The summed E-state index contributed by atoms with van der Waals surface area (Å²) in [5.41, 5.74) is 2.32. The van der Waals surface area contributed by atoms with Crippen molar-refractivity contribution in [2.75, 3.05) is 23.9 Å². The second-order valence-electron chi connectivity index (χ2n) is 8.81. The first-order chi connectivity index (χ1) is 14.2. The van der Waals surface area contributed by atoms with E-state index in [4.69, 9.17) is 4.74 Å². The summed E-state index contributed by atoms with van der Waals surface area (Å²) in [6.45, 7) is 6.31. The molecule has 0 spiro atoms. The first-order valence-electron chi connectivity index (χ1n) is 9.95. The molecule has 0 radical (unpaired) electrons. The van der Waals surface area contributed by atoms with Crippen molar-refractivity contribution in [3.05, 3.63) is 34.3 Å². The molecule has 158 valence electrons. The number of hydrogen-bond acceptors (Lipinski definition) is 6. The van der Waals surface area contributed by atoms with Gasteiger partial charge in [-0.15, -0.1) is 0 Å². The fraction of sp³-hybridized carbons (Fsp3) is 0.455. The molecule has 1 aromatic heterocycles. The van der Waals surface area contributed by atoms with Crippen molar-refractivity contribution in [3.8, 4) is 5.75 Å². The molecule has 1 fully saturated rings. The van der Waals surface area contributed by atoms with E-state index < -0.39 is 5.92 Å². The van der Waals surface area contributed by atoms with Crippen molar-refractivity contribution in [1.29, 1.82) is 0 Å². The lowest BCUT2D eigenvalue weighted by atomic mass is 9.78. The van der Waals surface area contributed by atoms with Crippen molar-refractivity contribution in [3.63, 3.8) is 0 Å². The number of methoxy groups -OCH3 is 1. The van der Waals surface area contributed by atoms with Crippen LogP contribution in [0, 0.1) is 18.3 Å². The van der Waals surface area contributed by atoms with Crippen LogP contribution in [-0.4, -0.2) is 36.2 Å². The van der Waals surface area contributed by atoms with Gasteiger partial charge >= 0.3 is 0 Å². The van der Waals surface area contributed by atoms with Gasteiger partial charge in [-0.05, 0) is 36.5 Å². The molecule has 1 atom stereocenters. The SMILES string of the molecule is COc1ccc(C)cc1N1CC(C(=O)Nc2nc3c(s2)C(=O)CC(C)(C)C3)CC1=O. The van der Waals surface area contributed by atoms with E-state index in [9.17, 15) is 14.4 Å². The third kappa shape index (κ3) is 3.84. The fourth-order valence-electron chi connectivity index (χ4n) is 4.11. The lowest BCUT2D eigenvalue weighted by Crippen LogP contribution is -2.28. The Balaban J connectivity index is 1.49. The van der Waals surface area contributed by atoms with E-state index in [1.807, 2.05) is 39.0 Å². The minimum absolute atomic E-state index is 0.0769. The first-order valence-corrected chi connectivity index (χ1v) is 10.8. The van der Waals surface area contributed by atoms with Crippen LogP contribution in [0.1, 0.15) is 47.6 Å². The van der Waals surface area contributed by atoms with Crippen LogP contribution in [0.4, 0.5) is 10.8 Å². The van der Waals surface area contributed by atoms with Crippen LogP contribution in [0.3, 0.4) is 0 Å². The highest BCUT2D eigenvalue weighted by atomic mass is 32.1. The molecule has 8 heteroatoms. The number of amides is 2. The van der Waals surface area contributed by atoms with Crippen LogP contribution >= 0.6 is 11.3 Å². The van der Waals surface area contributed by atoms with Crippen molar-refractivity contribution in [1.82, 2.24) is 4.98 Å². The van der Waals surface area contributed by atoms with Crippen LogP contribution in [0.15, 0.2) is 18.2 Å². The number of aromatic nitrogens is 1. The number of rotatable bonds is 4. The van der Waals surface area contributed by atoms with Gasteiger partial charge in [-0.25, -0.2) is 4.98 Å². The number of nitrogens with zero attached hydrogens (tertiary/aromatic N) is 2. The van der Waals surface area contributed by atoms with Gasteiger partial charge in [-0.3, -0.25) is 14.4 Å². The van der Waals surface area contributed by atoms with Crippen LogP contribution in [0.2, 0.25) is 0 Å². The summed E-state index contributed by atoms with van der Waals surface area (Å²) < 4.78 is 5.39. The molecule has 1 saturated heterocycles. The lowest BCUT2D eigenvalue weighted by Gasteiger charge is -2.26. The molecule has 1 aromatic carbocycles. The lowest BCUT2D eigenvalue weighted by molar-refractivity contribution is -0.122. The van der Waals surface area contributed by atoms with Crippen LogP contribution < -0.4 is 15.0 Å². The molecule has 1 aliphatic carbocycles. The molecule has 2 heterocycles. The monoisotopic (exact) mass is 427 g/mol. The van der Waals surface area contributed by atoms with E-state index >= 15 is 0 Å². The fourth-order valence-corrected chi connectivity index (χ4v) is 5.03. The summed E-state index contributed by atoms with van der Waals surface area (Å²) in [6.07, 6.45) is 1.32. The average Bonchev–Trinajstić information content (AvgIpc) is 3.24. The third-order valence-corrected chi connectivity index (χ3v) is 6.64. The second-order valence-corrected chi connectivity index (χ2v) is 9.80. The molecule has 1 aliphatic heterocycles. The number of nitrogens with one attached hydrogen (secondary N) is 1. The van der Waals surface area contributed by atoms with Crippen LogP contribution in [-0.2, 0) is 16.0 Å². The highest BCUT2D eigenvalue weighted by molar-refractivity contribution is 7.17. The highest BCUT2D eigenvalue weighted by Crippen LogP contribution is 2.39. The summed E-state index contributed by atoms with van der Waals surface area (Å²) >= 11 is 1.23. The van der Waals surface area contributed by atoms with E-state index in [-0.39, 0.29) is 36.0 Å². The highest BCUT2D eigenvalue weighted by Gasteiger charge is 2.38. The summed E-state index contributed by atoms with van der Waals surface area (Å²) in [7, 11) is 1.56. The van der Waals surface area contributed by atoms with Crippen LogP contribution in [0.5, 0.6) is 5.75 Å². The van der Waals surface area contributed by atoms with Crippen molar-refractivity contribution >= 4 is 39.8 Å². The molecule has 0 bridgehead atoms. The summed E-state index contributed by atoms with van der Waals surface area (Å²) in [4.78, 5) is 44.6. The summed E-state index contributed by atoms with van der Waals surface area (Å²) in [6, 6.07) is 5.63. The molecule has 1 unspecified atom stereocenters. The van der Waals surface area contributed by atoms with Gasteiger partial charge in [0.05, 0.1) is 29.3 Å². The molecule has 2 aromatic rings.